The van der Waals surface area contributed by atoms with Crippen LogP contribution in [0.3, 0.4) is 0 Å². The van der Waals surface area contributed by atoms with Crippen molar-refractivity contribution in [3.63, 3.8) is 0 Å². The number of nitrogens with zero attached hydrogens (tertiary/aromatic N) is 2. The Bertz CT molecular complexity index is 902. The molecule has 23 heavy (non-hydrogen) atoms. The van der Waals surface area contributed by atoms with Crippen molar-refractivity contribution >= 4 is 45.8 Å². The molecule has 0 saturated carbocycles. The van der Waals surface area contributed by atoms with Gasteiger partial charge < -0.3 is 4.57 Å². The molecule has 112 valence electrons. The lowest BCUT2D eigenvalue weighted by Gasteiger charge is -2.08. The molecular weight excluding hydrogens is 419 g/mol. The van der Waals surface area contributed by atoms with Gasteiger partial charge in [0.15, 0.2) is 0 Å². The van der Waals surface area contributed by atoms with E-state index in [4.69, 9.17) is 11.6 Å². The summed E-state index contributed by atoms with van der Waals surface area (Å²) in [5.41, 5.74) is 3.27. The molecule has 0 amide bonds. The lowest BCUT2D eigenvalue weighted by atomic mass is 10.1. The number of hydrogen-bond acceptors (Lipinski definition) is 1. The summed E-state index contributed by atoms with van der Waals surface area (Å²) in [5.74, 6) is 0. The molecule has 0 aliphatic heterocycles. The lowest BCUT2D eigenvalue weighted by Crippen LogP contribution is -1.95. The van der Waals surface area contributed by atoms with E-state index in [1.54, 1.807) is 6.07 Å². The summed E-state index contributed by atoms with van der Waals surface area (Å²) in [5, 5.41) is 10.1. The summed E-state index contributed by atoms with van der Waals surface area (Å²) in [4.78, 5) is 0. The Labute approximate surface area is 153 Å². The molecular formula is C19H12ClIN2. The fourth-order valence-corrected chi connectivity index (χ4v) is 2.94. The molecule has 0 radical (unpaired) electrons. The predicted molar refractivity (Wildman–Crippen MR) is 103 cm³/mol. The Balaban J connectivity index is 2.06. The molecule has 2 nitrogen and oxygen atoms in total. The van der Waals surface area contributed by atoms with Crippen LogP contribution in [-0.2, 0) is 0 Å². The summed E-state index contributed by atoms with van der Waals surface area (Å²) < 4.78 is 3.23. The van der Waals surface area contributed by atoms with E-state index in [1.807, 2.05) is 47.2 Å². The van der Waals surface area contributed by atoms with E-state index in [2.05, 4.69) is 52.9 Å². The lowest BCUT2D eigenvalue weighted by molar-refractivity contribution is 1.06. The van der Waals surface area contributed by atoms with Crippen molar-refractivity contribution in [2.75, 3.05) is 0 Å². The fraction of sp³-hybridized carbons (Fsp3) is 0. The third-order valence-corrected chi connectivity index (χ3v) is 4.51. The molecule has 4 heteroatoms. The quantitative estimate of drug-likeness (QED) is 0.381. The van der Waals surface area contributed by atoms with Gasteiger partial charge in [0.1, 0.15) is 0 Å². The van der Waals surface area contributed by atoms with E-state index >= 15 is 0 Å². The van der Waals surface area contributed by atoms with E-state index in [1.165, 1.54) is 3.57 Å². The number of nitriles is 1. The standard InChI is InChI=1S/C19H12ClIN2/c20-19-6-2-1-5-18(19)14(13-22)12-17-4-3-11-23(17)16-9-7-15(21)8-10-16/h1-12H. The molecule has 2 aromatic carbocycles. The first-order valence-electron chi connectivity index (χ1n) is 6.99. The highest BCUT2D eigenvalue weighted by molar-refractivity contribution is 14.1. The first-order chi connectivity index (χ1) is 11.2. The Kier molecular flexibility index (Phi) is 4.85. The van der Waals surface area contributed by atoms with Crippen LogP contribution in [-0.4, -0.2) is 4.57 Å². The van der Waals surface area contributed by atoms with Gasteiger partial charge in [-0.05, 0) is 71.1 Å². The number of halogens is 2. The zero-order valence-corrected chi connectivity index (χ0v) is 15.0. The molecule has 0 N–H and O–H groups in total. The summed E-state index contributed by atoms with van der Waals surface area (Å²) in [6, 6.07) is 21.8. The first kappa shape index (κ1) is 15.9. The van der Waals surface area contributed by atoms with Crippen LogP contribution in [0.2, 0.25) is 5.02 Å². The number of allylic oxidation sites excluding steroid dienone is 1. The molecule has 3 rings (SSSR count). The van der Waals surface area contributed by atoms with Gasteiger partial charge in [0, 0.05) is 31.7 Å². The normalized spacial score (nSPS) is 11.3. The van der Waals surface area contributed by atoms with Gasteiger partial charge in [-0.3, -0.25) is 0 Å². The van der Waals surface area contributed by atoms with Crippen LogP contribution in [0.4, 0.5) is 0 Å². The van der Waals surface area contributed by atoms with Gasteiger partial charge in [0.2, 0.25) is 0 Å². The monoisotopic (exact) mass is 430 g/mol. The van der Waals surface area contributed by atoms with Crippen molar-refractivity contribution in [2.45, 2.75) is 0 Å². The third kappa shape index (κ3) is 3.49. The van der Waals surface area contributed by atoms with Crippen LogP contribution in [0.25, 0.3) is 17.3 Å². The Morgan fingerprint density at radius 1 is 1.04 bits per heavy atom. The first-order valence-corrected chi connectivity index (χ1v) is 8.45. The molecule has 0 aliphatic rings. The van der Waals surface area contributed by atoms with Gasteiger partial charge in [0.25, 0.3) is 0 Å². The SMILES string of the molecule is N#CC(=Cc1cccn1-c1ccc(I)cc1)c1ccccc1Cl. The summed E-state index contributed by atoms with van der Waals surface area (Å²) in [6.45, 7) is 0. The van der Waals surface area contributed by atoms with Crippen LogP contribution >= 0.6 is 34.2 Å². The van der Waals surface area contributed by atoms with Gasteiger partial charge in [-0.1, -0.05) is 29.8 Å². The van der Waals surface area contributed by atoms with Crippen molar-refractivity contribution in [3.8, 4) is 11.8 Å². The number of hydrogen-bond donors (Lipinski definition) is 0. The molecule has 0 bridgehead atoms. The Morgan fingerprint density at radius 3 is 2.48 bits per heavy atom. The average Bonchev–Trinajstić information content (AvgIpc) is 3.02. The summed E-state index contributed by atoms with van der Waals surface area (Å²) in [7, 11) is 0. The highest BCUT2D eigenvalue weighted by Gasteiger charge is 2.08. The third-order valence-electron chi connectivity index (χ3n) is 3.46. The van der Waals surface area contributed by atoms with E-state index in [0.717, 1.165) is 16.9 Å². The summed E-state index contributed by atoms with van der Waals surface area (Å²) >= 11 is 8.49. The minimum atomic E-state index is 0.543. The van der Waals surface area contributed by atoms with E-state index in [0.29, 0.717) is 10.6 Å². The van der Waals surface area contributed by atoms with Crippen molar-refractivity contribution < 1.29 is 0 Å². The van der Waals surface area contributed by atoms with Gasteiger partial charge in [-0.25, -0.2) is 0 Å². The fourth-order valence-electron chi connectivity index (χ4n) is 2.35. The molecule has 0 fully saturated rings. The van der Waals surface area contributed by atoms with Gasteiger partial charge >= 0.3 is 0 Å². The maximum atomic E-state index is 9.51. The van der Waals surface area contributed by atoms with Crippen molar-refractivity contribution in [2.24, 2.45) is 0 Å². The second-order valence-electron chi connectivity index (χ2n) is 4.93. The van der Waals surface area contributed by atoms with Crippen LogP contribution in [0.15, 0.2) is 66.9 Å². The maximum Gasteiger partial charge on any atom is 0.0999 e. The van der Waals surface area contributed by atoms with Gasteiger partial charge in [-0.15, -0.1) is 0 Å². The van der Waals surface area contributed by atoms with Crippen molar-refractivity contribution in [1.82, 2.24) is 4.57 Å². The molecule has 1 heterocycles. The highest BCUT2D eigenvalue weighted by atomic mass is 127. The van der Waals surface area contributed by atoms with Crippen molar-refractivity contribution in [3.05, 3.63) is 86.7 Å². The molecule has 3 aromatic rings. The topological polar surface area (TPSA) is 28.7 Å². The van der Waals surface area contributed by atoms with E-state index in [9.17, 15) is 5.26 Å². The summed E-state index contributed by atoms with van der Waals surface area (Å²) in [6.07, 6.45) is 3.84. The van der Waals surface area contributed by atoms with Crippen LogP contribution < -0.4 is 0 Å². The highest BCUT2D eigenvalue weighted by Crippen LogP contribution is 2.26. The molecule has 0 unspecified atom stereocenters. The average molecular weight is 431 g/mol. The molecule has 0 saturated heterocycles. The van der Waals surface area contributed by atoms with Gasteiger partial charge in [0.05, 0.1) is 11.6 Å². The molecule has 0 spiro atoms. The zero-order chi connectivity index (χ0) is 16.2. The Hall–Kier alpha value is -2.03. The van der Waals surface area contributed by atoms with Crippen LogP contribution in [0.5, 0.6) is 0 Å². The second-order valence-corrected chi connectivity index (χ2v) is 6.58. The van der Waals surface area contributed by atoms with E-state index in [-0.39, 0.29) is 0 Å². The minimum Gasteiger partial charge on any atom is -0.317 e. The predicted octanol–water partition coefficient (Wildman–Crippen LogP) is 5.80. The van der Waals surface area contributed by atoms with Gasteiger partial charge in [-0.2, -0.15) is 5.26 Å². The maximum absolute atomic E-state index is 9.51. The number of rotatable bonds is 3. The molecule has 0 aliphatic carbocycles. The Morgan fingerprint density at radius 2 is 1.78 bits per heavy atom. The van der Waals surface area contributed by atoms with E-state index < -0.39 is 0 Å². The van der Waals surface area contributed by atoms with Crippen molar-refractivity contribution in [1.29, 1.82) is 5.26 Å². The zero-order valence-electron chi connectivity index (χ0n) is 12.1. The number of aromatic nitrogens is 1. The van der Waals surface area contributed by atoms with Crippen LogP contribution in [0.1, 0.15) is 11.3 Å². The van der Waals surface area contributed by atoms with Crippen LogP contribution in [0, 0.1) is 14.9 Å². The molecule has 0 atom stereocenters. The molecule has 1 aromatic heterocycles. The minimum absolute atomic E-state index is 0.543. The largest absolute Gasteiger partial charge is 0.317 e. The second kappa shape index (κ2) is 7.03. The smallest absolute Gasteiger partial charge is 0.0999 e. The number of benzene rings is 2.